The average Bonchev–Trinajstić information content (AvgIpc) is 2.57. The van der Waals surface area contributed by atoms with Crippen LogP contribution in [-0.2, 0) is 11.3 Å². The van der Waals surface area contributed by atoms with Gasteiger partial charge in [-0.25, -0.2) is 8.78 Å². The lowest BCUT2D eigenvalue weighted by Gasteiger charge is -2.18. The Bertz CT molecular complexity index is 706. The zero-order valence-corrected chi connectivity index (χ0v) is 13.6. The average molecular weight is 335 g/mol. The van der Waals surface area contributed by atoms with Crippen LogP contribution in [0.4, 0.5) is 8.78 Å². The van der Waals surface area contributed by atoms with Crippen molar-refractivity contribution in [3.63, 3.8) is 0 Å². The Morgan fingerprint density at radius 2 is 1.83 bits per heavy atom. The summed E-state index contributed by atoms with van der Waals surface area (Å²) in [6, 6.07) is 10.5. The molecule has 0 saturated heterocycles. The highest BCUT2D eigenvalue weighted by Gasteiger charge is 2.13. The summed E-state index contributed by atoms with van der Waals surface area (Å²) in [5, 5.41) is 0. The van der Waals surface area contributed by atoms with E-state index < -0.39 is 11.6 Å². The van der Waals surface area contributed by atoms with Crippen LogP contribution in [0.25, 0.3) is 0 Å². The number of amides is 1. The van der Waals surface area contributed by atoms with Gasteiger partial charge in [-0.2, -0.15) is 0 Å². The van der Waals surface area contributed by atoms with Gasteiger partial charge in [-0.3, -0.25) is 4.79 Å². The molecule has 0 aromatic heterocycles. The van der Waals surface area contributed by atoms with Crippen molar-refractivity contribution in [3.05, 3.63) is 59.7 Å². The van der Waals surface area contributed by atoms with Crippen molar-refractivity contribution in [1.82, 2.24) is 4.90 Å². The summed E-state index contributed by atoms with van der Waals surface area (Å²) in [6.07, 6.45) is 0.136. The fourth-order valence-electron chi connectivity index (χ4n) is 2.17. The van der Waals surface area contributed by atoms with E-state index in [2.05, 4.69) is 0 Å². The summed E-state index contributed by atoms with van der Waals surface area (Å²) < 4.78 is 37.2. The summed E-state index contributed by atoms with van der Waals surface area (Å²) >= 11 is 0. The van der Waals surface area contributed by atoms with Crippen LogP contribution in [0.3, 0.4) is 0 Å². The predicted molar refractivity (Wildman–Crippen MR) is 85.9 cm³/mol. The molecule has 128 valence electrons. The summed E-state index contributed by atoms with van der Waals surface area (Å²) in [6.45, 7) is 0.245. The molecule has 4 nitrogen and oxygen atoms in total. The molecule has 0 fully saturated rings. The molecular formula is C18H19F2NO3. The summed E-state index contributed by atoms with van der Waals surface area (Å²) in [7, 11) is 3.10. The number of nitrogens with zero attached hydrogens (tertiary/aromatic N) is 1. The molecule has 0 spiro atoms. The molecule has 2 rings (SSSR count). The summed E-state index contributed by atoms with van der Waals surface area (Å²) in [5.41, 5.74) is 0.262. The minimum Gasteiger partial charge on any atom is -0.493 e. The van der Waals surface area contributed by atoms with Crippen LogP contribution in [0, 0.1) is 11.6 Å². The van der Waals surface area contributed by atoms with Crippen LogP contribution in [0.1, 0.15) is 12.0 Å². The van der Waals surface area contributed by atoms with Gasteiger partial charge in [0.25, 0.3) is 0 Å². The number of hydrogen-bond donors (Lipinski definition) is 0. The maximum atomic E-state index is 13.6. The Balaban J connectivity index is 1.85. The quantitative estimate of drug-likeness (QED) is 0.778. The smallest absolute Gasteiger partial charge is 0.226 e. The number of rotatable bonds is 7. The summed E-state index contributed by atoms with van der Waals surface area (Å²) in [5.74, 6) is -0.365. The Labute approximate surface area is 139 Å². The van der Waals surface area contributed by atoms with Gasteiger partial charge in [0.15, 0.2) is 11.5 Å². The number of carbonyl (C=O) groups excluding carboxylic acids is 1. The SMILES string of the molecule is COc1ccccc1OCCC(=O)N(C)Cc1ccc(F)cc1F. The number of benzene rings is 2. The largest absolute Gasteiger partial charge is 0.493 e. The van der Waals surface area contributed by atoms with Crippen molar-refractivity contribution in [2.24, 2.45) is 0 Å². The molecule has 1 amide bonds. The van der Waals surface area contributed by atoms with E-state index in [1.807, 2.05) is 12.1 Å². The van der Waals surface area contributed by atoms with Crippen LogP contribution >= 0.6 is 0 Å². The van der Waals surface area contributed by atoms with Gasteiger partial charge in [-0.15, -0.1) is 0 Å². The van der Waals surface area contributed by atoms with E-state index in [-0.39, 0.29) is 31.0 Å². The minimum absolute atomic E-state index is 0.0691. The molecule has 0 radical (unpaired) electrons. The van der Waals surface area contributed by atoms with Crippen molar-refractivity contribution in [2.75, 3.05) is 20.8 Å². The van der Waals surface area contributed by atoms with Crippen LogP contribution in [0.5, 0.6) is 11.5 Å². The number of ether oxygens (including phenoxy) is 2. The van der Waals surface area contributed by atoms with Crippen molar-refractivity contribution in [1.29, 1.82) is 0 Å². The molecule has 6 heteroatoms. The first kappa shape index (κ1) is 17.7. The highest BCUT2D eigenvalue weighted by atomic mass is 19.1. The lowest BCUT2D eigenvalue weighted by Crippen LogP contribution is -2.27. The molecule has 0 aliphatic rings. The Morgan fingerprint density at radius 3 is 2.50 bits per heavy atom. The van der Waals surface area contributed by atoms with Gasteiger partial charge in [-0.05, 0) is 18.2 Å². The molecule has 0 N–H and O–H groups in total. The Hall–Kier alpha value is -2.63. The molecule has 0 atom stereocenters. The van der Waals surface area contributed by atoms with Crippen LogP contribution in [-0.4, -0.2) is 31.6 Å². The molecule has 2 aromatic rings. The lowest BCUT2D eigenvalue weighted by molar-refractivity contribution is -0.130. The van der Waals surface area contributed by atoms with Gasteiger partial charge in [-0.1, -0.05) is 18.2 Å². The van der Waals surface area contributed by atoms with E-state index in [4.69, 9.17) is 9.47 Å². The fraction of sp³-hybridized carbons (Fsp3) is 0.278. The van der Waals surface area contributed by atoms with Crippen molar-refractivity contribution in [3.8, 4) is 11.5 Å². The zero-order valence-electron chi connectivity index (χ0n) is 13.6. The molecule has 0 bridgehead atoms. The van der Waals surface area contributed by atoms with E-state index in [0.717, 1.165) is 6.07 Å². The first-order valence-corrected chi connectivity index (χ1v) is 7.45. The number of hydrogen-bond acceptors (Lipinski definition) is 3. The van der Waals surface area contributed by atoms with Crippen molar-refractivity contribution < 1.29 is 23.0 Å². The standard InChI is InChI=1S/C18H19F2NO3/c1-21(12-13-7-8-14(19)11-15(13)20)18(22)9-10-24-17-6-4-3-5-16(17)23-2/h3-8,11H,9-10,12H2,1-2H3. The number of methoxy groups -OCH3 is 1. The minimum atomic E-state index is -0.667. The molecular weight excluding hydrogens is 316 g/mol. The maximum Gasteiger partial charge on any atom is 0.226 e. The molecule has 2 aromatic carbocycles. The second kappa shape index (κ2) is 8.29. The molecule has 0 saturated carbocycles. The van der Waals surface area contributed by atoms with Gasteiger partial charge >= 0.3 is 0 Å². The van der Waals surface area contributed by atoms with Crippen LogP contribution in [0.15, 0.2) is 42.5 Å². The number of halogens is 2. The molecule has 0 aliphatic carbocycles. The monoisotopic (exact) mass is 335 g/mol. The second-order valence-electron chi connectivity index (χ2n) is 5.23. The number of carbonyl (C=O) groups is 1. The third-order valence-corrected chi connectivity index (χ3v) is 3.49. The molecule has 0 unspecified atom stereocenters. The zero-order chi connectivity index (χ0) is 17.5. The highest BCUT2D eigenvalue weighted by Crippen LogP contribution is 2.25. The predicted octanol–water partition coefficient (Wildman–Crippen LogP) is 3.40. The highest BCUT2D eigenvalue weighted by molar-refractivity contribution is 5.76. The van der Waals surface area contributed by atoms with E-state index in [1.165, 1.54) is 17.0 Å². The topological polar surface area (TPSA) is 38.8 Å². The summed E-state index contributed by atoms with van der Waals surface area (Å²) in [4.78, 5) is 13.5. The lowest BCUT2D eigenvalue weighted by atomic mass is 10.2. The van der Waals surface area contributed by atoms with Crippen molar-refractivity contribution >= 4 is 5.91 Å². The van der Waals surface area contributed by atoms with E-state index in [0.29, 0.717) is 11.5 Å². The molecule has 24 heavy (non-hydrogen) atoms. The van der Waals surface area contributed by atoms with Gasteiger partial charge in [0, 0.05) is 25.2 Å². The van der Waals surface area contributed by atoms with Gasteiger partial charge < -0.3 is 14.4 Å². The normalized spacial score (nSPS) is 10.3. The fourth-order valence-corrected chi connectivity index (χ4v) is 2.17. The van der Waals surface area contributed by atoms with E-state index in [1.54, 1.807) is 26.3 Å². The van der Waals surface area contributed by atoms with Crippen LogP contribution < -0.4 is 9.47 Å². The van der Waals surface area contributed by atoms with E-state index in [9.17, 15) is 13.6 Å². The van der Waals surface area contributed by atoms with Gasteiger partial charge in [0.1, 0.15) is 11.6 Å². The molecule has 0 aliphatic heterocycles. The van der Waals surface area contributed by atoms with Crippen molar-refractivity contribution in [2.45, 2.75) is 13.0 Å². The third-order valence-electron chi connectivity index (χ3n) is 3.49. The maximum absolute atomic E-state index is 13.6. The second-order valence-corrected chi connectivity index (χ2v) is 5.23. The first-order valence-electron chi connectivity index (χ1n) is 7.45. The number of para-hydroxylation sites is 2. The van der Waals surface area contributed by atoms with E-state index >= 15 is 0 Å². The third kappa shape index (κ3) is 4.68. The van der Waals surface area contributed by atoms with Crippen LogP contribution in [0.2, 0.25) is 0 Å². The first-order chi connectivity index (χ1) is 11.5. The van der Waals surface area contributed by atoms with Gasteiger partial charge in [0.2, 0.25) is 5.91 Å². The molecule has 0 heterocycles. The Morgan fingerprint density at radius 1 is 1.12 bits per heavy atom. The Kier molecular flexibility index (Phi) is 6.12. The van der Waals surface area contributed by atoms with Gasteiger partial charge in [0.05, 0.1) is 20.1 Å².